The van der Waals surface area contributed by atoms with E-state index in [0.29, 0.717) is 5.92 Å². The molecule has 264 valence electrons. The van der Waals surface area contributed by atoms with Crippen LogP contribution in [0.25, 0.3) is 32.7 Å². The summed E-state index contributed by atoms with van der Waals surface area (Å²) in [6.07, 6.45) is 12.2. The Morgan fingerprint density at radius 1 is 0.667 bits per heavy atom. The maximum absolute atomic E-state index is 5.84. The first-order chi connectivity index (χ1) is 23.2. The molecule has 0 saturated carbocycles. The van der Waals surface area contributed by atoms with Gasteiger partial charge in [-0.15, -0.1) is 46.7 Å². The molecule has 0 aromatic heterocycles. The van der Waals surface area contributed by atoms with E-state index in [1.54, 1.807) is 0 Å². The average Bonchev–Trinajstić information content (AvgIpc) is 3.74. The van der Waals surface area contributed by atoms with E-state index >= 15 is 0 Å². The van der Waals surface area contributed by atoms with E-state index in [2.05, 4.69) is 142 Å². The molecule has 5 heteroatoms. The van der Waals surface area contributed by atoms with E-state index in [9.17, 15) is 0 Å². The Labute approximate surface area is 338 Å². The van der Waals surface area contributed by atoms with E-state index in [1.807, 2.05) is 30.3 Å². The van der Waals surface area contributed by atoms with Gasteiger partial charge in [-0.3, -0.25) is 6.08 Å². The molecule has 8 rings (SSSR count). The van der Waals surface area contributed by atoms with E-state index in [1.165, 1.54) is 71.6 Å². The summed E-state index contributed by atoms with van der Waals surface area (Å²) in [6, 6.07) is 28.0. The van der Waals surface area contributed by atoms with Gasteiger partial charge in [0, 0.05) is 10.8 Å². The number of fused-ring (bicyclic) bond motifs is 5. The topological polar surface area (TPSA) is 0 Å². The number of halogens is 4. The molecule has 3 aliphatic carbocycles. The third-order valence-electron chi connectivity index (χ3n) is 9.70. The van der Waals surface area contributed by atoms with Crippen LogP contribution < -0.4 is 24.8 Å². The maximum Gasteiger partial charge on any atom is -1.00 e. The van der Waals surface area contributed by atoms with Crippen molar-refractivity contribution in [2.45, 2.75) is 66.2 Å². The molecule has 0 fully saturated rings. The third-order valence-corrected chi connectivity index (χ3v) is 12.7. The number of rotatable bonds is 2. The molecule has 0 N–H and O–H groups in total. The predicted octanol–water partition coefficient (Wildman–Crippen LogP) is 7.13. The normalized spacial score (nSPS) is 16.8. The molecule has 0 radical (unpaired) electrons. The maximum atomic E-state index is 5.84. The van der Waals surface area contributed by atoms with E-state index in [4.69, 9.17) is 23.2 Å². The van der Waals surface area contributed by atoms with Crippen LogP contribution in [0.3, 0.4) is 0 Å². The standard InChI is InChI=1S/C25H25.2C7H5Cl.C7H9.2ClH.Zr/c1-14-12-24(3,4)22-8-16-7-17-9-23-19(15(2)13-25(23,5)6)11-21(17)20(16)10-18(14)22;2*1-6-2-4-7(8)5-3-6;1-6-3-4-7(2)5-6;;;/h7-13H,1-6H3;2*1-5H;3,5,7H,1-2H3;2*1H;/q-1;;;-1;;;/p-2. The fourth-order valence-electron chi connectivity index (χ4n) is 7.32. The number of allylic oxidation sites excluding steroid dienone is 8. The molecular weight excluding hydrogens is 786 g/mol. The van der Waals surface area contributed by atoms with Crippen LogP contribution in [0.5, 0.6) is 0 Å². The molecule has 0 nitrogen and oxygen atoms in total. The van der Waals surface area contributed by atoms with Gasteiger partial charge in [0.1, 0.15) is 0 Å². The number of hydrogen-bond donors (Lipinski definition) is 0. The summed E-state index contributed by atoms with van der Waals surface area (Å²) in [5, 5.41) is 7.14. The number of hydrogen-bond acceptors (Lipinski definition) is 0. The smallest absolute Gasteiger partial charge is 1.00 e. The second-order valence-corrected chi connectivity index (χ2v) is 17.9. The minimum Gasteiger partial charge on any atom is -1.00 e. The van der Waals surface area contributed by atoms with Crippen LogP contribution in [0, 0.1) is 12.0 Å². The average molecular weight is 830 g/mol. The van der Waals surface area contributed by atoms with Gasteiger partial charge in [-0.1, -0.05) is 75.9 Å². The van der Waals surface area contributed by atoms with Crippen LogP contribution in [0.1, 0.15) is 88.8 Å². The van der Waals surface area contributed by atoms with E-state index < -0.39 is 22.3 Å². The van der Waals surface area contributed by atoms with Crippen molar-refractivity contribution in [2.24, 2.45) is 5.92 Å². The van der Waals surface area contributed by atoms with Gasteiger partial charge in [-0.05, 0) is 36.1 Å². The SMILES string of the molecule is CC1=CC(C)(C)c2cc3[cH-]c4cc5c(cc4c3cc21)C(C)=CC5(C)C.CC1=CC(C)[C-]=C1.Clc1ccc([CH]=[Zr]=[CH]c2ccc(Cl)cc2)cc1.[Cl-].[Cl-]. The first-order valence-corrected chi connectivity index (χ1v) is 20.6. The van der Waals surface area contributed by atoms with Gasteiger partial charge in [0.25, 0.3) is 0 Å². The number of benzene rings is 4. The Bertz CT molecular complexity index is 2110. The van der Waals surface area contributed by atoms with Crippen molar-refractivity contribution in [3.8, 4) is 0 Å². The summed E-state index contributed by atoms with van der Waals surface area (Å²) in [4.78, 5) is 0. The zero-order valence-electron chi connectivity index (χ0n) is 30.6. The Balaban J connectivity index is 0.000000195. The predicted molar refractivity (Wildman–Crippen MR) is 214 cm³/mol. The van der Waals surface area contributed by atoms with Crippen LogP contribution in [0.15, 0.2) is 109 Å². The van der Waals surface area contributed by atoms with Crippen molar-refractivity contribution in [3.63, 3.8) is 0 Å². The summed E-state index contributed by atoms with van der Waals surface area (Å²) < 4.78 is 4.66. The minimum absolute atomic E-state index is 0. The molecule has 5 aromatic rings. The molecule has 0 spiro atoms. The first kappa shape index (κ1) is 41.3. The Kier molecular flexibility index (Phi) is 13.5. The molecule has 1 atom stereocenters. The molecule has 0 heterocycles. The van der Waals surface area contributed by atoms with Crippen molar-refractivity contribution in [2.75, 3.05) is 0 Å². The third kappa shape index (κ3) is 9.36. The molecule has 0 aliphatic heterocycles. The fraction of sp³-hybridized carbons (Fsp3) is 0.239. The van der Waals surface area contributed by atoms with Gasteiger partial charge in [-0.2, -0.15) is 6.08 Å². The van der Waals surface area contributed by atoms with Gasteiger partial charge < -0.3 is 24.8 Å². The molecule has 0 bridgehead atoms. The fourth-order valence-corrected chi connectivity index (χ4v) is 9.67. The van der Waals surface area contributed by atoms with Crippen LogP contribution in [-0.4, -0.2) is 7.42 Å². The van der Waals surface area contributed by atoms with Crippen LogP contribution in [-0.2, 0) is 33.1 Å². The van der Waals surface area contributed by atoms with Crippen molar-refractivity contribution in [3.05, 3.63) is 158 Å². The second kappa shape index (κ2) is 16.7. The van der Waals surface area contributed by atoms with Crippen LogP contribution in [0.2, 0.25) is 10.0 Å². The Morgan fingerprint density at radius 3 is 1.41 bits per heavy atom. The minimum atomic E-state index is -0.623. The zero-order chi connectivity index (χ0) is 35.1. The molecule has 1 unspecified atom stereocenters. The zero-order valence-corrected chi connectivity index (χ0v) is 36.0. The molecule has 0 saturated heterocycles. The van der Waals surface area contributed by atoms with Gasteiger partial charge in [0.05, 0.1) is 0 Å². The summed E-state index contributed by atoms with van der Waals surface area (Å²) in [7, 11) is 0. The van der Waals surface area contributed by atoms with Gasteiger partial charge in [0.2, 0.25) is 0 Å². The monoisotopic (exact) mass is 826 g/mol. The molecule has 5 aromatic carbocycles. The van der Waals surface area contributed by atoms with Crippen LogP contribution in [0.4, 0.5) is 0 Å². The van der Waals surface area contributed by atoms with Gasteiger partial charge >= 0.3 is 123 Å². The molecule has 3 aliphatic rings. The van der Waals surface area contributed by atoms with E-state index in [0.717, 1.165) is 10.0 Å². The van der Waals surface area contributed by atoms with Crippen molar-refractivity contribution in [1.29, 1.82) is 0 Å². The summed E-state index contributed by atoms with van der Waals surface area (Å²) in [5.74, 6) is 0.556. The van der Waals surface area contributed by atoms with E-state index in [-0.39, 0.29) is 35.6 Å². The Morgan fingerprint density at radius 2 is 1.08 bits per heavy atom. The molecule has 51 heavy (non-hydrogen) atoms. The largest absolute Gasteiger partial charge is 1.00 e. The van der Waals surface area contributed by atoms with Crippen molar-refractivity contribution < 1.29 is 47.1 Å². The summed E-state index contributed by atoms with van der Waals surface area (Å²) in [5.41, 5.74) is 12.7. The van der Waals surface area contributed by atoms with Gasteiger partial charge in [-0.25, -0.2) is 11.6 Å². The molecular formula is C46H44Cl4Zr-4. The van der Waals surface area contributed by atoms with Crippen molar-refractivity contribution in [1.82, 2.24) is 0 Å². The summed E-state index contributed by atoms with van der Waals surface area (Å²) >= 11 is 11.0. The summed E-state index contributed by atoms with van der Waals surface area (Å²) in [6.45, 7) is 18.0. The quantitative estimate of drug-likeness (QED) is 0.166. The van der Waals surface area contributed by atoms with Crippen molar-refractivity contribution >= 4 is 63.3 Å². The first-order valence-electron chi connectivity index (χ1n) is 17.0. The van der Waals surface area contributed by atoms with Crippen LogP contribution >= 0.6 is 23.2 Å². The molecule has 0 amide bonds. The second-order valence-electron chi connectivity index (χ2n) is 14.8. The van der Waals surface area contributed by atoms with Gasteiger partial charge in [0.15, 0.2) is 0 Å². The Hall–Kier alpha value is -2.51.